The van der Waals surface area contributed by atoms with Crippen molar-refractivity contribution in [3.05, 3.63) is 46.4 Å². The van der Waals surface area contributed by atoms with Crippen LogP contribution in [-0.4, -0.2) is 15.8 Å². The lowest BCUT2D eigenvalue weighted by Crippen LogP contribution is -2.20. The zero-order chi connectivity index (χ0) is 13.3. The minimum absolute atomic E-state index is 0.0661. The lowest BCUT2D eigenvalue weighted by Gasteiger charge is -2.07. The number of benzene rings is 1. The maximum atomic E-state index is 12.2. The highest BCUT2D eigenvalue weighted by Crippen LogP contribution is 2.12. The minimum atomic E-state index is -0.386. The van der Waals surface area contributed by atoms with Crippen LogP contribution in [-0.2, 0) is 11.8 Å². The summed E-state index contributed by atoms with van der Waals surface area (Å²) < 4.78 is 10.5. The van der Waals surface area contributed by atoms with Gasteiger partial charge in [0.1, 0.15) is 5.69 Å². The summed E-state index contributed by atoms with van der Waals surface area (Å²) in [7, 11) is 1.71. The quantitative estimate of drug-likeness (QED) is 0.804. The fourth-order valence-electron chi connectivity index (χ4n) is 1.76. The summed E-state index contributed by atoms with van der Waals surface area (Å²) in [5, 5.41) is 0.553. The average Bonchev–Trinajstić information content (AvgIpc) is 2.61. The van der Waals surface area contributed by atoms with Crippen LogP contribution in [0.25, 0.3) is 5.69 Å². The van der Waals surface area contributed by atoms with Gasteiger partial charge in [0.15, 0.2) is 1.41 Å². The van der Waals surface area contributed by atoms with E-state index in [4.69, 9.17) is 1.41 Å². The van der Waals surface area contributed by atoms with Gasteiger partial charge in [0, 0.05) is 7.05 Å². The van der Waals surface area contributed by atoms with Crippen molar-refractivity contribution in [2.75, 3.05) is 5.31 Å². The van der Waals surface area contributed by atoms with Gasteiger partial charge in [-0.25, -0.2) is 4.68 Å². The smallest absolute Gasteiger partial charge is 0.295 e. The van der Waals surface area contributed by atoms with Crippen LogP contribution in [0.2, 0.25) is 1.41 Å². The molecule has 0 atom stereocenters. The largest absolute Gasteiger partial charge is 0.323 e. The molecule has 1 aromatic heterocycles. The highest BCUT2D eigenvalue weighted by atomic mass is 16.1. The van der Waals surface area contributed by atoms with Gasteiger partial charge in [0.05, 0.1) is 11.4 Å². The molecule has 0 bridgehead atoms. The zero-order valence-electron chi connectivity index (χ0n) is 10.6. The Morgan fingerprint density at radius 3 is 2.59 bits per heavy atom. The normalized spacial score (nSPS) is 11.1. The third kappa shape index (κ3) is 1.75. The Morgan fingerprint density at radius 1 is 1.35 bits per heavy atom. The minimum Gasteiger partial charge on any atom is -0.323 e. The fourth-order valence-corrected chi connectivity index (χ4v) is 1.76. The molecule has 2 rings (SSSR count). The number of hydrogen-bond acceptors (Lipinski definition) is 2. The van der Waals surface area contributed by atoms with Crippen LogP contribution in [0.3, 0.4) is 0 Å². The van der Waals surface area contributed by atoms with E-state index >= 15 is 0 Å². The molecule has 0 fully saturated rings. The lowest BCUT2D eigenvalue weighted by molar-refractivity contribution is -0.105. The average molecular weight is 232 g/mol. The number of aromatic nitrogens is 2. The topological polar surface area (TPSA) is 56.0 Å². The summed E-state index contributed by atoms with van der Waals surface area (Å²) in [6.45, 7) is 1.70. The molecular weight excluding hydrogens is 218 g/mol. The van der Waals surface area contributed by atoms with E-state index in [1.165, 1.54) is 4.68 Å². The first-order chi connectivity index (χ1) is 8.57. The van der Waals surface area contributed by atoms with Gasteiger partial charge in [0.2, 0.25) is 6.41 Å². The zero-order valence-corrected chi connectivity index (χ0v) is 9.62. The van der Waals surface area contributed by atoms with E-state index in [-0.39, 0.29) is 11.2 Å². The third-order valence-electron chi connectivity index (χ3n) is 2.71. The van der Waals surface area contributed by atoms with Crippen LogP contribution in [0.15, 0.2) is 35.1 Å². The second-order valence-electron chi connectivity index (χ2n) is 3.64. The summed E-state index contributed by atoms with van der Waals surface area (Å²) in [6.07, 6.45) is 0.305. The molecule has 1 amide bonds. The molecule has 0 aliphatic heterocycles. The van der Waals surface area contributed by atoms with Gasteiger partial charge >= 0.3 is 0 Å². The molecule has 0 saturated heterocycles. The summed E-state index contributed by atoms with van der Waals surface area (Å²) in [4.78, 5) is 22.9. The maximum absolute atomic E-state index is 12.2. The van der Waals surface area contributed by atoms with Crippen molar-refractivity contribution in [3.8, 4) is 5.69 Å². The summed E-state index contributed by atoms with van der Waals surface area (Å²) in [5.74, 6) is 0. The Morgan fingerprint density at radius 2 is 2.00 bits per heavy atom. The molecular formula is C12H13N3O2. The molecule has 1 aromatic carbocycles. The fraction of sp³-hybridized carbons (Fsp3) is 0.167. The van der Waals surface area contributed by atoms with Crippen LogP contribution in [0, 0.1) is 6.92 Å². The summed E-state index contributed by atoms with van der Waals surface area (Å²) in [6, 6.07) is 9.08. The molecule has 0 saturated carbocycles. The lowest BCUT2D eigenvalue weighted by atomic mass is 10.3. The molecule has 88 valence electrons. The molecule has 0 aliphatic rings. The third-order valence-corrected chi connectivity index (χ3v) is 2.71. The van der Waals surface area contributed by atoms with Crippen LogP contribution < -0.4 is 10.9 Å². The first kappa shape index (κ1) is 9.89. The van der Waals surface area contributed by atoms with Crippen molar-refractivity contribution in [1.29, 1.82) is 0 Å². The number of anilines is 1. The molecule has 0 spiro atoms. The second-order valence-corrected chi connectivity index (χ2v) is 3.64. The van der Waals surface area contributed by atoms with Crippen molar-refractivity contribution in [2.45, 2.75) is 6.92 Å². The highest BCUT2D eigenvalue weighted by molar-refractivity contribution is 5.72. The van der Waals surface area contributed by atoms with E-state index in [2.05, 4.69) is 0 Å². The van der Waals surface area contributed by atoms with Crippen LogP contribution in [0.4, 0.5) is 5.69 Å². The van der Waals surface area contributed by atoms with Gasteiger partial charge in [0.25, 0.3) is 5.56 Å². The van der Waals surface area contributed by atoms with Gasteiger partial charge in [-0.1, -0.05) is 18.2 Å². The molecule has 0 unspecified atom stereocenters. The van der Waals surface area contributed by atoms with Crippen LogP contribution in [0.1, 0.15) is 5.69 Å². The highest BCUT2D eigenvalue weighted by Gasteiger charge is 2.14. The van der Waals surface area contributed by atoms with Crippen LogP contribution >= 0.6 is 0 Å². The van der Waals surface area contributed by atoms with Crippen molar-refractivity contribution >= 4 is 12.1 Å². The summed E-state index contributed by atoms with van der Waals surface area (Å²) >= 11 is 0. The first-order valence-corrected chi connectivity index (χ1v) is 5.15. The van der Waals surface area contributed by atoms with E-state index in [0.717, 1.165) is 0 Å². The maximum Gasteiger partial charge on any atom is 0.295 e. The molecule has 5 nitrogen and oxygen atoms in total. The van der Waals surface area contributed by atoms with Gasteiger partial charge in [-0.3, -0.25) is 14.3 Å². The number of nitrogens with one attached hydrogen (secondary N) is 1. The van der Waals surface area contributed by atoms with Crippen molar-refractivity contribution in [2.24, 2.45) is 7.05 Å². The Hall–Kier alpha value is -2.30. The van der Waals surface area contributed by atoms with E-state index in [1.807, 2.05) is 18.2 Å². The number of carbonyl (C=O) groups excluding carboxylic acids is 1. The molecule has 5 heteroatoms. The standard InChI is InChI=1S/C12H13N3O2/c1-9-11(13-8-16)12(17)15(14(9)2)10-6-4-3-5-7-10/h3-8H,1-2H3,(H,13,16)/i/hD. The molecule has 2 aromatic rings. The number of para-hydroxylation sites is 1. The summed E-state index contributed by atoms with van der Waals surface area (Å²) in [5.41, 5.74) is 0.934. The van der Waals surface area contributed by atoms with Gasteiger partial charge < -0.3 is 5.31 Å². The number of amides is 1. The monoisotopic (exact) mass is 232 g/mol. The van der Waals surface area contributed by atoms with Gasteiger partial charge in [-0.05, 0) is 19.1 Å². The number of hydrogen-bond donors (Lipinski definition) is 1. The van der Waals surface area contributed by atoms with Gasteiger partial charge in [-0.15, -0.1) is 0 Å². The van der Waals surface area contributed by atoms with E-state index < -0.39 is 0 Å². The molecule has 0 radical (unpaired) electrons. The molecule has 0 aliphatic carbocycles. The first-order valence-electron chi connectivity index (χ1n) is 5.60. The predicted molar refractivity (Wildman–Crippen MR) is 65.4 cm³/mol. The van der Waals surface area contributed by atoms with E-state index in [1.54, 1.807) is 30.8 Å². The Kier molecular flexibility index (Phi) is 2.50. The van der Waals surface area contributed by atoms with Crippen molar-refractivity contribution in [3.63, 3.8) is 0 Å². The number of nitrogens with zero attached hydrogens (tertiary/aromatic N) is 2. The Bertz CT molecular complexity index is 631. The Balaban J connectivity index is 2.72. The number of rotatable bonds is 3. The number of carbonyl (C=O) groups is 1. The second kappa shape index (κ2) is 4.29. The predicted octanol–water partition coefficient (Wildman–Crippen LogP) is 1.05. The SMILES string of the molecule is [2H]N(C=O)c1c(C)n(C)n(-c2ccccc2)c1=O. The molecule has 17 heavy (non-hydrogen) atoms. The van der Waals surface area contributed by atoms with Crippen LogP contribution in [0.5, 0.6) is 0 Å². The van der Waals surface area contributed by atoms with Crippen molar-refractivity contribution < 1.29 is 6.21 Å². The molecule has 1 N–H and O–H groups in total. The Labute approximate surface area is 99.7 Å². The van der Waals surface area contributed by atoms with Gasteiger partial charge in [-0.2, -0.15) is 0 Å². The molecule has 1 heterocycles. The van der Waals surface area contributed by atoms with E-state index in [0.29, 0.717) is 23.1 Å². The van der Waals surface area contributed by atoms with Crippen molar-refractivity contribution in [1.82, 2.24) is 9.36 Å². The van der Waals surface area contributed by atoms with E-state index in [9.17, 15) is 9.59 Å².